The molecule has 0 fully saturated rings. The summed E-state index contributed by atoms with van der Waals surface area (Å²) in [5.74, 6) is -1.98. The molecule has 0 rings (SSSR count). The average Bonchev–Trinajstić information content (AvgIpc) is 1.79. The minimum atomic E-state index is -1.21. The van der Waals surface area contributed by atoms with Gasteiger partial charge in [-0.2, -0.15) is 0 Å². The van der Waals surface area contributed by atoms with Gasteiger partial charge in [0.1, 0.15) is 0 Å². The monoisotopic (exact) mass is 173 g/mol. The molecule has 0 radical (unpaired) electrons. The number of carbonyl (C=O) groups is 2. The molecule has 0 unspecified atom stereocenters. The quantitative estimate of drug-likeness (QED) is 0.352. The summed E-state index contributed by atoms with van der Waals surface area (Å²) >= 11 is 0. The zero-order chi connectivity index (χ0) is 9.78. The van der Waals surface area contributed by atoms with E-state index < -0.39 is 17.7 Å². The van der Waals surface area contributed by atoms with E-state index in [0.29, 0.717) is 6.08 Å². The van der Waals surface area contributed by atoms with Crippen molar-refractivity contribution >= 4 is 11.9 Å². The number of carbonyl (C=O) groups excluding carboxylic acids is 1. The Kier molecular flexibility index (Phi) is 3.43. The Morgan fingerprint density at radius 3 is 2.25 bits per heavy atom. The Balaban J connectivity index is 3.99. The lowest BCUT2D eigenvalue weighted by atomic mass is 10.3. The van der Waals surface area contributed by atoms with E-state index in [4.69, 9.17) is 10.8 Å². The summed E-state index contributed by atoms with van der Waals surface area (Å²) in [6.07, 6.45) is 1.49. The van der Waals surface area contributed by atoms with Crippen LogP contribution >= 0.6 is 0 Å². The molecule has 0 aliphatic heterocycles. The van der Waals surface area contributed by atoms with Gasteiger partial charge in [-0.1, -0.05) is 0 Å². The molecule has 0 saturated heterocycles. The van der Waals surface area contributed by atoms with Crippen LogP contribution in [0.4, 0.5) is 0 Å². The number of aliphatic carboxylic acids is 1. The van der Waals surface area contributed by atoms with Crippen LogP contribution in [-0.4, -0.2) is 22.8 Å². The van der Waals surface area contributed by atoms with Crippen molar-refractivity contribution in [3.05, 3.63) is 12.2 Å². The fourth-order valence-corrected chi connectivity index (χ4v) is 0.433. The van der Waals surface area contributed by atoms with Crippen LogP contribution in [-0.2, 0) is 14.3 Å². The van der Waals surface area contributed by atoms with Crippen molar-refractivity contribution in [2.24, 2.45) is 5.73 Å². The minimum absolute atomic E-state index is 0.689. The van der Waals surface area contributed by atoms with Crippen molar-refractivity contribution in [3.8, 4) is 0 Å². The first-order valence-corrected chi connectivity index (χ1v) is 3.24. The number of carboxylic acids is 1. The van der Waals surface area contributed by atoms with Gasteiger partial charge in [-0.05, 0) is 13.8 Å². The van der Waals surface area contributed by atoms with Crippen LogP contribution in [0.1, 0.15) is 13.8 Å². The average molecular weight is 173 g/mol. The van der Waals surface area contributed by atoms with Crippen molar-refractivity contribution in [1.29, 1.82) is 0 Å². The molecule has 12 heavy (non-hydrogen) atoms. The molecule has 0 aliphatic carbocycles. The van der Waals surface area contributed by atoms with E-state index in [1.54, 1.807) is 0 Å². The highest BCUT2D eigenvalue weighted by Gasteiger charge is 2.14. The van der Waals surface area contributed by atoms with Crippen LogP contribution in [0.5, 0.6) is 0 Å². The second-order valence-electron chi connectivity index (χ2n) is 2.70. The number of rotatable bonds is 3. The van der Waals surface area contributed by atoms with E-state index >= 15 is 0 Å². The molecule has 68 valence electrons. The summed E-state index contributed by atoms with van der Waals surface area (Å²) in [7, 11) is 0. The molecule has 0 aliphatic rings. The number of hydrogen-bond donors (Lipinski definition) is 2. The smallest absolute Gasteiger partial charge is 0.332 e. The second-order valence-corrected chi connectivity index (χ2v) is 2.70. The van der Waals surface area contributed by atoms with E-state index in [2.05, 4.69) is 4.74 Å². The van der Waals surface area contributed by atoms with Crippen molar-refractivity contribution in [2.75, 3.05) is 0 Å². The summed E-state index contributed by atoms with van der Waals surface area (Å²) in [5.41, 5.74) is 4.23. The van der Waals surface area contributed by atoms with Gasteiger partial charge in [-0.15, -0.1) is 0 Å². The van der Waals surface area contributed by atoms with Gasteiger partial charge in [0.2, 0.25) is 0 Å². The Hall–Kier alpha value is -1.36. The molecule has 0 heterocycles. The molecule has 0 spiro atoms. The van der Waals surface area contributed by atoms with Crippen LogP contribution < -0.4 is 5.73 Å². The summed E-state index contributed by atoms with van der Waals surface area (Å²) in [5, 5.41) is 8.13. The summed E-state index contributed by atoms with van der Waals surface area (Å²) in [6.45, 7) is 2.97. The minimum Gasteiger partial charge on any atom is -0.478 e. The van der Waals surface area contributed by atoms with E-state index in [-0.39, 0.29) is 0 Å². The molecule has 0 aromatic carbocycles. The normalized spacial score (nSPS) is 11.6. The largest absolute Gasteiger partial charge is 0.478 e. The van der Waals surface area contributed by atoms with Gasteiger partial charge in [0, 0.05) is 12.2 Å². The van der Waals surface area contributed by atoms with Crippen LogP contribution in [0.3, 0.4) is 0 Å². The maximum atomic E-state index is 10.7. The van der Waals surface area contributed by atoms with E-state index in [0.717, 1.165) is 6.08 Å². The first kappa shape index (κ1) is 10.6. The van der Waals surface area contributed by atoms with Gasteiger partial charge in [0.25, 0.3) is 0 Å². The van der Waals surface area contributed by atoms with Gasteiger partial charge in [0.05, 0.1) is 0 Å². The lowest BCUT2D eigenvalue weighted by molar-refractivity contribution is -0.150. The molecule has 5 nitrogen and oxygen atoms in total. The molecule has 0 saturated carbocycles. The maximum Gasteiger partial charge on any atom is 0.332 e. The van der Waals surface area contributed by atoms with Gasteiger partial charge < -0.3 is 9.84 Å². The lowest BCUT2D eigenvalue weighted by Gasteiger charge is -2.17. The predicted octanol–water partition coefficient (Wildman–Crippen LogP) is -0.135. The van der Waals surface area contributed by atoms with Gasteiger partial charge in [-0.3, -0.25) is 5.73 Å². The maximum absolute atomic E-state index is 10.7. The standard InChI is InChI=1S/C7H11NO4/c1-7(2,8)12-6(11)4-3-5(9)10/h3-4H,8H2,1-2H3,(H,9,10)/b4-3-. The first-order valence-electron chi connectivity index (χ1n) is 3.24. The Morgan fingerprint density at radius 2 is 1.92 bits per heavy atom. The number of ether oxygens (including phenoxy) is 1. The third kappa shape index (κ3) is 6.76. The predicted molar refractivity (Wildman–Crippen MR) is 41.1 cm³/mol. The fraction of sp³-hybridized carbons (Fsp3) is 0.429. The summed E-state index contributed by atoms with van der Waals surface area (Å²) in [6, 6.07) is 0. The highest BCUT2D eigenvalue weighted by Crippen LogP contribution is 1.99. The lowest BCUT2D eigenvalue weighted by Crippen LogP contribution is -2.37. The highest BCUT2D eigenvalue weighted by atomic mass is 16.6. The first-order chi connectivity index (χ1) is 5.31. The Labute approximate surface area is 69.8 Å². The van der Waals surface area contributed by atoms with Gasteiger partial charge >= 0.3 is 11.9 Å². The summed E-state index contributed by atoms with van der Waals surface area (Å²) < 4.78 is 4.58. The summed E-state index contributed by atoms with van der Waals surface area (Å²) in [4.78, 5) is 20.7. The van der Waals surface area contributed by atoms with E-state index in [1.807, 2.05) is 0 Å². The molecule has 0 amide bonds. The Bertz CT molecular complexity index is 214. The van der Waals surface area contributed by atoms with Crippen LogP contribution in [0.25, 0.3) is 0 Å². The molecule has 0 atom stereocenters. The number of nitrogens with two attached hydrogens (primary N) is 1. The van der Waals surface area contributed by atoms with Crippen molar-refractivity contribution in [1.82, 2.24) is 0 Å². The molecule has 3 N–H and O–H groups in total. The molecular weight excluding hydrogens is 162 g/mol. The molecule has 0 aromatic rings. The molecular formula is C7H11NO4. The zero-order valence-corrected chi connectivity index (χ0v) is 6.90. The van der Waals surface area contributed by atoms with Crippen molar-refractivity contribution in [2.45, 2.75) is 19.6 Å². The highest BCUT2D eigenvalue weighted by molar-refractivity contribution is 5.90. The number of hydrogen-bond acceptors (Lipinski definition) is 4. The van der Waals surface area contributed by atoms with Crippen molar-refractivity contribution in [3.63, 3.8) is 0 Å². The number of esters is 1. The van der Waals surface area contributed by atoms with Gasteiger partial charge in [0.15, 0.2) is 5.72 Å². The van der Waals surface area contributed by atoms with Gasteiger partial charge in [-0.25, -0.2) is 9.59 Å². The Morgan fingerprint density at radius 1 is 1.42 bits per heavy atom. The topological polar surface area (TPSA) is 89.6 Å². The molecule has 0 aromatic heterocycles. The third-order valence-electron chi connectivity index (χ3n) is 0.726. The van der Waals surface area contributed by atoms with Crippen LogP contribution in [0.15, 0.2) is 12.2 Å². The van der Waals surface area contributed by atoms with Crippen LogP contribution in [0.2, 0.25) is 0 Å². The van der Waals surface area contributed by atoms with Crippen molar-refractivity contribution < 1.29 is 19.4 Å². The SMILES string of the molecule is CC(C)(N)OC(=O)/C=C\C(=O)O. The second kappa shape index (κ2) is 3.87. The molecule has 0 bridgehead atoms. The van der Waals surface area contributed by atoms with E-state index in [9.17, 15) is 9.59 Å². The zero-order valence-electron chi connectivity index (χ0n) is 6.90. The number of carboxylic acid groups (broad SMARTS) is 1. The third-order valence-corrected chi connectivity index (χ3v) is 0.726. The van der Waals surface area contributed by atoms with E-state index in [1.165, 1.54) is 13.8 Å². The molecule has 5 heteroatoms. The van der Waals surface area contributed by atoms with Crippen LogP contribution in [0, 0.1) is 0 Å². The fourth-order valence-electron chi connectivity index (χ4n) is 0.433.